The van der Waals surface area contributed by atoms with Gasteiger partial charge < -0.3 is 9.47 Å². The SMILES string of the molecule is CN1C(=O)CCc2cc(-c3cncc(Cn4cccc(F)c4=O)c3)c(F)cc21. The van der Waals surface area contributed by atoms with Crippen molar-refractivity contribution in [2.45, 2.75) is 19.4 Å². The molecular weight excluding hydrogens is 364 g/mol. The highest BCUT2D eigenvalue weighted by atomic mass is 19.1. The third-order valence-electron chi connectivity index (χ3n) is 4.94. The van der Waals surface area contributed by atoms with E-state index < -0.39 is 17.2 Å². The summed E-state index contributed by atoms with van der Waals surface area (Å²) in [5, 5.41) is 0. The highest BCUT2D eigenvalue weighted by Crippen LogP contribution is 2.33. The van der Waals surface area contributed by atoms with E-state index in [0.717, 1.165) is 11.6 Å². The normalized spacial score (nSPS) is 13.5. The number of carbonyl (C=O) groups is 1. The van der Waals surface area contributed by atoms with Crippen LogP contribution in [0.3, 0.4) is 0 Å². The summed E-state index contributed by atoms with van der Waals surface area (Å²) >= 11 is 0. The van der Waals surface area contributed by atoms with E-state index in [1.165, 1.54) is 27.8 Å². The molecule has 5 nitrogen and oxygen atoms in total. The van der Waals surface area contributed by atoms with Gasteiger partial charge in [-0.25, -0.2) is 8.78 Å². The Morgan fingerprint density at radius 1 is 1.07 bits per heavy atom. The van der Waals surface area contributed by atoms with Gasteiger partial charge in [-0.3, -0.25) is 14.6 Å². The van der Waals surface area contributed by atoms with Gasteiger partial charge in [-0.1, -0.05) is 0 Å². The van der Waals surface area contributed by atoms with Crippen LogP contribution in [0, 0.1) is 11.6 Å². The Labute approximate surface area is 159 Å². The Morgan fingerprint density at radius 3 is 2.71 bits per heavy atom. The van der Waals surface area contributed by atoms with Crippen molar-refractivity contribution in [2.24, 2.45) is 0 Å². The number of rotatable bonds is 3. The van der Waals surface area contributed by atoms with Gasteiger partial charge in [-0.2, -0.15) is 0 Å². The summed E-state index contributed by atoms with van der Waals surface area (Å²) in [5.41, 5.74) is 2.33. The Hall–Kier alpha value is -3.35. The second kappa shape index (κ2) is 6.99. The van der Waals surface area contributed by atoms with Crippen molar-refractivity contribution in [3.63, 3.8) is 0 Å². The van der Waals surface area contributed by atoms with Gasteiger partial charge in [-0.15, -0.1) is 0 Å². The van der Waals surface area contributed by atoms with Gasteiger partial charge in [0.2, 0.25) is 5.91 Å². The van der Waals surface area contributed by atoms with E-state index in [2.05, 4.69) is 4.98 Å². The lowest BCUT2D eigenvalue weighted by Gasteiger charge is -2.26. The summed E-state index contributed by atoms with van der Waals surface area (Å²) in [7, 11) is 1.64. The summed E-state index contributed by atoms with van der Waals surface area (Å²) in [4.78, 5) is 29.3. The van der Waals surface area contributed by atoms with Crippen molar-refractivity contribution in [3.8, 4) is 11.1 Å². The number of anilines is 1. The molecule has 2 aromatic heterocycles. The van der Waals surface area contributed by atoms with Crippen LogP contribution >= 0.6 is 0 Å². The molecule has 1 amide bonds. The van der Waals surface area contributed by atoms with E-state index in [1.807, 2.05) is 0 Å². The van der Waals surface area contributed by atoms with Crippen LogP contribution in [0.4, 0.5) is 14.5 Å². The second-order valence-corrected chi connectivity index (χ2v) is 6.78. The number of benzene rings is 1. The first kappa shape index (κ1) is 18.0. The lowest BCUT2D eigenvalue weighted by atomic mass is 9.96. The number of amides is 1. The lowest BCUT2D eigenvalue weighted by Crippen LogP contribution is -2.31. The fraction of sp³-hybridized carbons (Fsp3) is 0.190. The number of aryl methyl sites for hydroxylation is 1. The van der Waals surface area contributed by atoms with E-state index in [1.54, 1.807) is 31.6 Å². The predicted molar refractivity (Wildman–Crippen MR) is 101 cm³/mol. The van der Waals surface area contributed by atoms with Crippen molar-refractivity contribution < 1.29 is 13.6 Å². The molecule has 0 bridgehead atoms. The molecule has 0 N–H and O–H groups in total. The number of fused-ring (bicyclic) bond motifs is 1. The molecule has 3 aromatic rings. The van der Waals surface area contributed by atoms with Crippen molar-refractivity contribution in [2.75, 3.05) is 11.9 Å². The summed E-state index contributed by atoms with van der Waals surface area (Å²) in [6.07, 6.45) is 5.53. The molecular formula is C21H17F2N3O2. The maximum atomic E-state index is 14.8. The summed E-state index contributed by atoms with van der Waals surface area (Å²) < 4.78 is 29.5. The van der Waals surface area contributed by atoms with Crippen molar-refractivity contribution in [3.05, 3.63) is 82.0 Å². The van der Waals surface area contributed by atoms with Gasteiger partial charge in [0, 0.05) is 48.9 Å². The number of halogens is 2. The molecule has 7 heteroatoms. The summed E-state index contributed by atoms with van der Waals surface area (Å²) in [5.74, 6) is -1.32. The average molecular weight is 381 g/mol. The first-order valence-electron chi connectivity index (χ1n) is 8.82. The van der Waals surface area contributed by atoms with Crippen LogP contribution in [0.5, 0.6) is 0 Å². The summed E-state index contributed by atoms with van der Waals surface area (Å²) in [6, 6.07) is 7.40. The molecule has 1 aliphatic heterocycles. The highest BCUT2D eigenvalue weighted by molar-refractivity contribution is 5.96. The molecule has 4 rings (SSSR count). The number of hydrogen-bond acceptors (Lipinski definition) is 3. The molecule has 0 saturated heterocycles. The smallest absolute Gasteiger partial charge is 0.286 e. The van der Waals surface area contributed by atoms with E-state index >= 15 is 0 Å². The fourth-order valence-electron chi connectivity index (χ4n) is 3.44. The molecule has 142 valence electrons. The molecule has 0 saturated carbocycles. The zero-order valence-corrected chi connectivity index (χ0v) is 15.2. The average Bonchev–Trinajstić information content (AvgIpc) is 2.69. The minimum absolute atomic E-state index is 0.0381. The molecule has 0 unspecified atom stereocenters. The Kier molecular flexibility index (Phi) is 4.50. The van der Waals surface area contributed by atoms with Gasteiger partial charge in [0.15, 0.2) is 5.82 Å². The van der Waals surface area contributed by atoms with Crippen LogP contribution in [0.1, 0.15) is 17.5 Å². The van der Waals surface area contributed by atoms with Crippen LogP contribution < -0.4 is 10.5 Å². The number of carbonyl (C=O) groups excluding carboxylic acids is 1. The topological polar surface area (TPSA) is 55.2 Å². The third kappa shape index (κ3) is 3.19. The predicted octanol–water partition coefficient (Wildman–Crippen LogP) is 3.15. The first-order chi connectivity index (χ1) is 13.4. The Bertz CT molecular complexity index is 1140. The van der Waals surface area contributed by atoms with E-state index in [0.29, 0.717) is 35.2 Å². The maximum absolute atomic E-state index is 14.8. The van der Waals surface area contributed by atoms with Crippen molar-refractivity contribution >= 4 is 11.6 Å². The molecule has 0 aliphatic carbocycles. The molecule has 1 aromatic carbocycles. The molecule has 0 radical (unpaired) electrons. The first-order valence-corrected chi connectivity index (χ1v) is 8.82. The Balaban J connectivity index is 1.71. The minimum atomic E-state index is -0.828. The molecule has 0 atom stereocenters. The molecule has 28 heavy (non-hydrogen) atoms. The van der Waals surface area contributed by atoms with Gasteiger partial charge in [0.05, 0.1) is 6.54 Å². The van der Waals surface area contributed by atoms with Crippen LogP contribution in [0.25, 0.3) is 11.1 Å². The second-order valence-electron chi connectivity index (χ2n) is 6.78. The van der Waals surface area contributed by atoms with E-state index in [9.17, 15) is 18.4 Å². The monoisotopic (exact) mass is 381 g/mol. The molecule has 0 spiro atoms. The minimum Gasteiger partial charge on any atom is -0.315 e. The standard InChI is InChI=1S/C21H17F2N3O2/c1-25-19-9-18(23)16(8-14(19)4-5-20(25)27)15-7-13(10-24-11-15)12-26-6-2-3-17(22)21(26)28/h2-3,6-11H,4-5,12H2,1H3. The highest BCUT2D eigenvalue weighted by Gasteiger charge is 2.23. The number of nitrogens with zero attached hydrogens (tertiary/aromatic N) is 3. The Morgan fingerprint density at radius 2 is 1.89 bits per heavy atom. The van der Waals surface area contributed by atoms with Crippen LogP contribution in [-0.4, -0.2) is 22.5 Å². The fourth-order valence-corrected chi connectivity index (χ4v) is 3.44. The molecule has 3 heterocycles. The quantitative estimate of drug-likeness (QED) is 0.700. The van der Waals surface area contributed by atoms with Crippen LogP contribution in [0.2, 0.25) is 0 Å². The van der Waals surface area contributed by atoms with Crippen LogP contribution in [0.15, 0.2) is 53.7 Å². The largest absolute Gasteiger partial charge is 0.315 e. The van der Waals surface area contributed by atoms with Gasteiger partial charge in [0.1, 0.15) is 5.82 Å². The van der Waals surface area contributed by atoms with Crippen molar-refractivity contribution in [1.82, 2.24) is 9.55 Å². The van der Waals surface area contributed by atoms with Gasteiger partial charge in [0.25, 0.3) is 5.56 Å². The number of aromatic nitrogens is 2. The maximum Gasteiger partial charge on any atom is 0.286 e. The number of hydrogen-bond donors (Lipinski definition) is 0. The van der Waals surface area contributed by atoms with E-state index in [-0.39, 0.29) is 12.5 Å². The van der Waals surface area contributed by atoms with Gasteiger partial charge in [-0.05, 0) is 47.9 Å². The van der Waals surface area contributed by atoms with Crippen LogP contribution in [-0.2, 0) is 17.8 Å². The zero-order valence-electron chi connectivity index (χ0n) is 15.2. The molecule has 0 fully saturated rings. The number of pyridine rings is 2. The lowest BCUT2D eigenvalue weighted by molar-refractivity contribution is -0.118. The van der Waals surface area contributed by atoms with E-state index in [4.69, 9.17) is 0 Å². The zero-order chi connectivity index (χ0) is 19.8. The van der Waals surface area contributed by atoms with Crippen molar-refractivity contribution in [1.29, 1.82) is 0 Å². The van der Waals surface area contributed by atoms with Gasteiger partial charge >= 0.3 is 0 Å². The molecule has 1 aliphatic rings. The third-order valence-corrected chi connectivity index (χ3v) is 4.94. The summed E-state index contributed by atoms with van der Waals surface area (Å²) in [6.45, 7) is 0.126.